The molecule has 9 nitrogen and oxygen atoms in total. The number of furan rings is 1. The van der Waals surface area contributed by atoms with Crippen LogP contribution in [0.5, 0.6) is 0 Å². The highest BCUT2D eigenvalue weighted by Gasteiger charge is 2.39. The molecule has 0 unspecified atom stereocenters. The first-order chi connectivity index (χ1) is 17.2. The molecule has 10 heteroatoms. The summed E-state index contributed by atoms with van der Waals surface area (Å²) in [7, 11) is -4.26. The highest BCUT2D eigenvalue weighted by Crippen LogP contribution is 2.20. The van der Waals surface area contributed by atoms with Crippen LogP contribution in [0.25, 0.3) is 0 Å². The fraction of sp³-hybridized carbons (Fsp3) is 0.269. The predicted molar refractivity (Wildman–Crippen MR) is 132 cm³/mol. The number of amides is 3. The summed E-state index contributed by atoms with van der Waals surface area (Å²) in [4.78, 5) is 41.9. The second kappa shape index (κ2) is 10.4. The van der Waals surface area contributed by atoms with E-state index in [2.05, 4.69) is 5.32 Å². The number of sulfone groups is 1. The average molecular weight is 510 g/mol. The number of hydrogen-bond acceptors (Lipinski definition) is 6. The van der Waals surface area contributed by atoms with Crippen molar-refractivity contribution < 1.29 is 27.2 Å². The highest BCUT2D eigenvalue weighted by molar-refractivity contribution is 7.92. The highest BCUT2D eigenvalue weighted by atomic mass is 32.2. The van der Waals surface area contributed by atoms with Crippen LogP contribution < -0.4 is 5.32 Å². The van der Waals surface area contributed by atoms with Crippen LogP contribution in [0, 0.1) is 13.8 Å². The zero-order valence-corrected chi connectivity index (χ0v) is 20.8. The van der Waals surface area contributed by atoms with Crippen molar-refractivity contribution in [1.29, 1.82) is 0 Å². The minimum absolute atomic E-state index is 0.0670. The summed E-state index contributed by atoms with van der Waals surface area (Å²) in [5, 5.41) is 0.635. The van der Waals surface area contributed by atoms with Gasteiger partial charge in [-0.3, -0.25) is 14.4 Å². The lowest BCUT2D eigenvalue weighted by Crippen LogP contribution is -2.57. The lowest BCUT2D eigenvalue weighted by atomic mass is 10.1. The standard InChI is InChI=1S/C26H27N3O6S/c1-18-8-10-21(11-9-18)36(33,34)24(27-23(30)20-6-3-5-19(2)17-20)26(32)29-14-12-28(13-15-29)25(31)22-7-4-16-35-22/h3-11,16-17,24H,12-15H2,1-2H3,(H,27,30)/t24-/m1/s1. The Morgan fingerprint density at radius 1 is 0.861 bits per heavy atom. The lowest BCUT2D eigenvalue weighted by Gasteiger charge is -2.36. The molecule has 2 aromatic carbocycles. The number of hydrogen-bond donors (Lipinski definition) is 1. The van der Waals surface area contributed by atoms with Crippen molar-refractivity contribution in [1.82, 2.24) is 15.1 Å². The van der Waals surface area contributed by atoms with Crippen LogP contribution in [-0.2, 0) is 14.6 Å². The quantitative estimate of drug-likeness (QED) is 0.546. The van der Waals surface area contributed by atoms with Crippen LogP contribution in [0.2, 0.25) is 0 Å². The van der Waals surface area contributed by atoms with Crippen molar-refractivity contribution in [2.75, 3.05) is 26.2 Å². The first-order valence-corrected chi connectivity index (χ1v) is 13.0. The summed E-state index contributed by atoms with van der Waals surface area (Å²) < 4.78 is 32.3. The maximum absolute atomic E-state index is 13.6. The molecule has 1 saturated heterocycles. The van der Waals surface area contributed by atoms with Crippen LogP contribution in [-0.4, -0.2) is 67.5 Å². The molecule has 0 aliphatic carbocycles. The van der Waals surface area contributed by atoms with Gasteiger partial charge in [0.15, 0.2) is 5.76 Å². The maximum atomic E-state index is 13.6. The summed E-state index contributed by atoms with van der Waals surface area (Å²) in [6, 6.07) is 16.0. The van der Waals surface area contributed by atoms with E-state index in [0.29, 0.717) is 0 Å². The Bertz CT molecular complexity index is 1360. The predicted octanol–water partition coefficient (Wildman–Crippen LogP) is 2.41. The normalized spacial score (nSPS) is 14.8. The number of benzene rings is 2. The summed E-state index contributed by atoms with van der Waals surface area (Å²) >= 11 is 0. The molecule has 1 aliphatic rings. The van der Waals surface area contributed by atoms with Crippen molar-refractivity contribution in [2.24, 2.45) is 0 Å². The molecule has 1 fully saturated rings. The molecule has 0 spiro atoms. The Labute approximate surface area is 209 Å². The summed E-state index contributed by atoms with van der Waals surface area (Å²) in [6.45, 7) is 4.27. The van der Waals surface area contributed by atoms with Gasteiger partial charge in [0.2, 0.25) is 15.2 Å². The number of rotatable bonds is 6. The third-order valence-electron chi connectivity index (χ3n) is 6.04. The zero-order valence-electron chi connectivity index (χ0n) is 20.0. The molecular formula is C26H27N3O6S. The van der Waals surface area contributed by atoms with Crippen molar-refractivity contribution in [3.63, 3.8) is 0 Å². The molecule has 1 atom stereocenters. The molecule has 1 aromatic heterocycles. The Balaban J connectivity index is 1.57. The monoisotopic (exact) mass is 509 g/mol. The van der Waals surface area contributed by atoms with E-state index in [0.717, 1.165) is 11.1 Å². The van der Waals surface area contributed by atoms with Crippen LogP contribution in [0.1, 0.15) is 32.0 Å². The van der Waals surface area contributed by atoms with Gasteiger partial charge >= 0.3 is 0 Å². The zero-order chi connectivity index (χ0) is 25.9. The van der Waals surface area contributed by atoms with Gasteiger partial charge in [0.1, 0.15) is 0 Å². The summed E-state index contributed by atoms with van der Waals surface area (Å²) in [6.07, 6.45) is 1.41. The van der Waals surface area contributed by atoms with Crippen LogP contribution in [0.3, 0.4) is 0 Å². The molecule has 4 rings (SSSR count). The third kappa shape index (κ3) is 5.33. The average Bonchev–Trinajstić information content (AvgIpc) is 3.42. The first-order valence-electron chi connectivity index (χ1n) is 11.5. The molecule has 0 saturated carbocycles. The Hall–Kier alpha value is -3.92. The van der Waals surface area contributed by atoms with Crippen molar-refractivity contribution in [3.8, 4) is 0 Å². The Morgan fingerprint density at radius 2 is 1.53 bits per heavy atom. The van der Waals surface area contributed by atoms with Crippen LogP contribution in [0.4, 0.5) is 0 Å². The smallest absolute Gasteiger partial charge is 0.289 e. The summed E-state index contributed by atoms with van der Waals surface area (Å²) in [5.74, 6) is -1.52. The second-order valence-corrected chi connectivity index (χ2v) is 10.7. The topological polar surface area (TPSA) is 117 Å². The van der Waals surface area contributed by atoms with E-state index in [4.69, 9.17) is 4.42 Å². The van der Waals surface area contributed by atoms with Gasteiger partial charge in [0.05, 0.1) is 11.2 Å². The fourth-order valence-corrected chi connectivity index (χ4v) is 5.44. The van der Waals surface area contributed by atoms with E-state index < -0.39 is 27.0 Å². The van der Waals surface area contributed by atoms with Gasteiger partial charge in [-0.1, -0.05) is 35.4 Å². The molecule has 1 N–H and O–H groups in total. The van der Waals surface area contributed by atoms with Gasteiger partial charge < -0.3 is 19.5 Å². The number of carbonyl (C=O) groups excluding carboxylic acids is 3. The van der Waals surface area contributed by atoms with E-state index in [1.54, 1.807) is 42.5 Å². The molecule has 1 aliphatic heterocycles. The molecule has 3 amide bonds. The van der Waals surface area contributed by atoms with E-state index >= 15 is 0 Å². The minimum Gasteiger partial charge on any atom is -0.459 e. The number of carbonyl (C=O) groups is 3. The largest absolute Gasteiger partial charge is 0.459 e. The Morgan fingerprint density at radius 3 is 2.14 bits per heavy atom. The number of nitrogens with one attached hydrogen (secondary N) is 1. The maximum Gasteiger partial charge on any atom is 0.289 e. The van der Waals surface area contributed by atoms with Gasteiger partial charge in [-0.2, -0.15) is 0 Å². The SMILES string of the molecule is Cc1ccc(S(=O)(=O)[C@@H](NC(=O)c2cccc(C)c2)C(=O)N2CCN(C(=O)c3ccco3)CC2)cc1. The van der Waals surface area contributed by atoms with Gasteiger partial charge in [-0.15, -0.1) is 0 Å². The molecular weight excluding hydrogens is 482 g/mol. The lowest BCUT2D eigenvalue weighted by molar-refractivity contribution is -0.132. The van der Waals surface area contributed by atoms with Gasteiger partial charge in [0, 0.05) is 31.7 Å². The van der Waals surface area contributed by atoms with Gasteiger partial charge in [-0.25, -0.2) is 8.42 Å². The van der Waals surface area contributed by atoms with Crippen LogP contribution in [0.15, 0.2) is 76.2 Å². The number of aryl methyl sites for hydroxylation is 2. The molecule has 2 heterocycles. The van der Waals surface area contributed by atoms with E-state index in [-0.39, 0.29) is 48.3 Å². The third-order valence-corrected chi connectivity index (χ3v) is 7.91. The van der Waals surface area contributed by atoms with Crippen molar-refractivity contribution in [2.45, 2.75) is 24.1 Å². The van der Waals surface area contributed by atoms with Gasteiger partial charge in [0.25, 0.3) is 17.7 Å². The van der Waals surface area contributed by atoms with Crippen molar-refractivity contribution >= 4 is 27.6 Å². The minimum atomic E-state index is -4.26. The first kappa shape index (κ1) is 25.2. The second-order valence-electron chi connectivity index (χ2n) is 8.68. The number of nitrogens with zero attached hydrogens (tertiary/aromatic N) is 2. The molecule has 188 valence electrons. The van der Waals surface area contributed by atoms with Crippen molar-refractivity contribution in [3.05, 3.63) is 89.4 Å². The molecule has 36 heavy (non-hydrogen) atoms. The van der Waals surface area contributed by atoms with Crippen LogP contribution >= 0.6 is 0 Å². The summed E-state index contributed by atoms with van der Waals surface area (Å²) in [5.41, 5.74) is 1.93. The molecule has 0 bridgehead atoms. The molecule has 0 radical (unpaired) electrons. The Kier molecular flexibility index (Phi) is 7.25. The number of piperazine rings is 1. The fourth-order valence-electron chi connectivity index (χ4n) is 3.98. The molecule has 3 aromatic rings. The van der Waals surface area contributed by atoms with E-state index in [9.17, 15) is 22.8 Å². The van der Waals surface area contributed by atoms with E-state index in [1.165, 1.54) is 28.2 Å². The van der Waals surface area contributed by atoms with E-state index in [1.807, 2.05) is 19.9 Å². The van der Waals surface area contributed by atoms with Gasteiger partial charge in [-0.05, 0) is 50.2 Å².